The number of anilines is 1. The second-order valence-electron chi connectivity index (χ2n) is 4.99. The van der Waals surface area contributed by atoms with Crippen molar-refractivity contribution in [3.63, 3.8) is 0 Å². The monoisotopic (exact) mass is 296 g/mol. The number of thiocarbonyl (C=S) groups is 1. The Kier molecular flexibility index (Phi) is 3.02. The first-order chi connectivity index (χ1) is 9.03. The Morgan fingerprint density at radius 3 is 2.47 bits per heavy atom. The molecule has 0 amide bonds. The van der Waals surface area contributed by atoms with Crippen molar-refractivity contribution < 1.29 is 8.42 Å². The molecule has 2 heterocycles. The summed E-state index contributed by atoms with van der Waals surface area (Å²) in [5.41, 5.74) is 0.982. The maximum absolute atomic E-state index is 11.9. The quantitative estimate of drug-likeness (QED) is 0.769. The van der Waals surface area contributed by atoms with Crippen molar-refractivity contribution in [1.29, 1.82) is 0 Å². The molecule has 4 nitrogen and oxygen atoms in total. The highest BCUT2D eigenvalue weighted by molar-refractivity contribution is 7.91. The van der Waals surface area contributed by atoms with E-state index in [4.69, 9.17) is 12.2 Å². The summed E-state index contributed by atoms with van der Waals surface area (Å²) in [6.45, 7) is 2.77. The predicted octanol–water partition coefficient (Wildman–Crippen LogP) is 1.28. The number of benzene rings is 1. The third-order valence-corrected chi connectivity index (χ3v) is 5.98. The van der Waals surface area contributed by atoms with Gasteiger partial charge in [0.15, 0.2) is 14.9 Å². The SMILES string of the molecule is CCN1C(=S)N(c2ccccc2)[C@@H]2CS(=O)(=O)C[C@@H]21. The van der Waals surface area contributed by atoms with Gasteiger partial charge in [-0.25, -0.2) is 8.42 Å². The summed E-state index contributed by atoms with van der Waals surface area (Å²) >= 11 is 5.53. The third kappa shape index (κ3) is 2.03. The van der Waals surface area contributed by atoms with Crippen LogP contribution >= 0.6 is 12.2 Å². The van der Waals surface area contributed by atoms with Gasteiger partial charge in [-0.2, -0.15) is 0 Å². The van der Waals surface area contributed by atoms with E-state index in [0.717, 1.165) is 17.3 Å². The number of rotatable bonds is 2. The van der Waals surface area contributed by atoms with Gasteiger partial charge in [-0.3, -0.25) is 0 Å². The molecule has 19 heavy (non-hydrogen) atoms. The normalized spacial score (nSPS) is 28.8. The lowest BCUT2D eigenvalue weighted by atomic mass is 10.1. The molecule has 0 saturated carbocycles. The molecule has 0 aliphatic carbocycles. The van der Waals surface area contributed by atoms with Gasteiger partial charge in [0.25, 0.3) is 0 Å². The van der Waals surface area contributed by atoms with Crippen LogP contribution in [0.1, 0.15) is 6.92 Å². The predicted molar refractivity (Wildman–Crippen MR) is 80.1 cm³/mol. The molecule has 0 N–H and O–H groups in total. The minimum absolute atomic E-state index is 0.00251. The zero-order valence-corrected chi connectivity index (χ0v) is 12.3. The molecule has 2 fully saturated rings. The molecule has 0 bridgehead atoms. The summed E-state index contributed by atoms with van der Waals surface area (Å²) in [5, 5.41) is 0.749. The summed E-state index contributed by atoms with van der Waals surface area (Å²) < 4.78 is 23.8. The summed E-state index contributed by atoms with van der Waals surface area (Å²) in [6.07, 6.45) is 0. The van der Waals surface area contributed by atoms with Crippen LogP contribution in [-0.4, -0.2) is 48.6 Å². The van der Waals surface area contributed by atoms with Gasteiger partial charge < -0.3 is 9.80 Å². The molecule has 2 aliphatic rings. The number of fused-ring (bicyclic) bond motifs is 1. The third-order valence-electron chi connectivity index (χ3n) is 3.85. The highest BCUT2D eigenvalue weighted by Gasteiger charge is 2.51. The lowest BCUT2D eigenvalue weighted by Crippen LogP contribution is -2.37. The highest BCUT2D eigenvalue weighted by Crippen LogP contribution is 2.34. The van der Waals surface area contributed by atoms with Crippen molar-refractivity contribution in [3.8, 4) is 0 Å². The zero-order chi connectivity index (χ0) is 13.6. The molecule has 2 aliphatic heterocycles. The van der Waals surface area contributed by atoms with E-state index in [1.165, 1.54) is 0 Å². The van der Waals surface area contributed by atoms with Gasteiger partial charge in [0.2, 0.25) is 0 Å². The lowest BCUT2D eigenvalue weighted by Gasteiger charge is -2.24. The largest absolute Gasteiger partial charge is 0.343 e. The Labute approximate surface area is 118 Å². The fourth-order valence-electron chi connectivity index (χ4n) is 3.04. The van der Waals surface area contributed by atoms with Crippen LogP contribution < -0.4 is 4.90 Å². The molecule has 1 aromatic carbocycles. The van der Waals surface area contributed by atoms with E-state index in [2.05, 4.69) is 0 Å². The van der Waals surface area contributed by atoms with E-state index in [0.29, 0.717) is 0 Å². The number of sulfone groups is 1. The lowest BCUT2D eigenvalue weighted by molar-refractivity contribution is 0.373. The van der Waals surface area contributed by atoms with Gasteiger partial charge in [0, 0.05) is 12.2 Å². The highest BCUT2D eigenvalue weighted by atomic mass is 32.2. The average molecular weight is 296 g/mol. The van der Waals surface area contributed by atoms with E-state index in [-0.39, 0.29) is 23.6 Å². The number of likely N-dealkylation sites (N-methyl/N-ethyl adjacent to an activating group) is 1. The Balaban J connectivity index is 2.03. The molecule has 0 aromatic heterocycles. The number of hydrogen-bond acceptors (Lipinski definition) is 3. The molecule has 2 saturated heterocycles. The molecule has 0 spiro atoms. The van der Waals surface area contributed by atoms with Crippen LogP contribution in [0, 0.1) is 0 Å². The Hall–Kier alpha value is -1.14. The first-order valence-electron chi connectivity index (χ1n) is 6.39. The van der Waals surface area contributed by atoms with E-state index in [9.17, 15) is 8.42 Å². The van der Waals surface area contributed by atoms with Gasteiger partial charge in [-0.15, -0.1) is 0 Å². The Bertz CT molecular complexity index is 600. The molecule has 2 atom stereocenters. The second-order valence-corrected chi connectivity index (χ2v) is 7.50. The molecule has 0 unspecified atom stereocenters. The molecule has 3 rings (SSSR count). The van der Waals surface area contributed by atoms with Gasteiger partial charge in [0.05, 0.1) is 23.6 Å². The van der Waals surface area contributed by atoms with Gasteiger partial charge in [-0.05, 0) is 31.3 Å². The van der Waals surface area contributed by atoms with E-state index in [1.54, 1.807) is 0 Å². The topological polar surface area (TPSA) is 40.6 Å². The first kappa shape index (κ1) is 12.9. The van der Waals surface area contributed by atoms with Crippen molar-refractivity contribution in [3.05, 3.63) is 30.3 Å². The number of nitrogens with zero attached hydrogens (tertiary/aromatic N) is 2. The van der Waals surface area contributed by atoms with Crippen molar-refractivity contribution in [2.45, 2.75) is 19.0 Å². The number of para-hydroxylation sites is 1. The first-order valence-corrected chi connectivity index (χ1v) is 8.62. The van der Waals surface area contributed by atoms with E-state index < -0.39 is 9.84 Å². The molecule has 6 heteroatoms. The smallest absolute Gasteiger partial charge is 0.176 e. The fraction of sp³-hybridized carbons (Fsp3) is 0.462. The van der Waals surface area contributed by atoms with Crippen LogP contribution in [0.15, 0.2) is 30.3 Å². The van der Waals surface area contributed by atoms with Crippen molar-refractivity contribution >= 4 is 32.9 Å². The fourth-order valence-corrected chi connectivity index (χ4v) is 5.49. The summed E-state index contributed by atoms with van der Waals surface area (Å²) in [5.74, 6) is 0.415. The maximum atomic E-state index is 11.9. The molecular weight excluding hydrogens is 280 g/mol. The average Bonchev–Trinajstić information content (AvgIpc) is 2.79. The van der Waals surface area contributed by atoms with Crippen molar-refractivity contribution in [1.82, 2.24) is 4.90 Å². The minimum Gasteiger partial charge on any atom is -0.343 e. The molecular formula is C13H16N2O2S2. The van der Waals surface area contributed by atoms with E-state index in [1.807, 2.05) is 47.1 Å². The Morgan fingerprint density at radius 2 is 1.84 bits per heavy atom. The molecule has 0 radical (unpaired) electrons. The van der Waals surface area contributed by atoms with Crippen LogP contribution in [0.3, 0.4) is 0 Å². The molecule has 102 valence electrons. The zero-order valence-electron chi connectivity index (χ0n) is 10.7. The summed E-state index contributed by atoms with van der Waals surface area (Å²) in [4.78, 5) is 4.05. The minimum atomic E-state index is -2.96. The van der Waals surface area contributed by atoms with Gasteiger partial charge in [-0.1, -0.05) is 18.2 Å². The van der Waals surface area contributed by atoms with Crippen LogP contribution in [0.5, 0.6) is 0 Å². The standard InChI is InChI=1S/C13H16N2O2S2/c1-2-14-11-8-19(16,17)9-12(11)15(13(14)18)10-6-4-3-5-7-10/h3-7,11-12H,2,8-9H2,1H3/t11-,12+/m0/s1. The van der Waals surface area contributed by atoms with Crippen LogP contribution in [0.2, 0.25) is 0 Å². The van der Waals surface area contributed by atoms with Crippen molar-refractivity contribution in [2.75, 3.05) is 23.0 Å². The number of hydrogen-bond donors (Lipinski definition) is 0. The van der Waals surface area contributed by atoms with Gasteiger partial charge >= 0.3 is 0 Å². The van der Waals surface area contributed by atoms with E-state index >= 15 is 0 Å². The summed E-state index contributed by atoms with van der Waals surface area (Å²) in [6, 6.07) is 9.77. The second kappa shape index (κ2) is 4.45. The maximum Gasteiger partial charge on any atom is 0.176 e. The summed E-state index contributed by atoms with van der Waals surface area (Å²) in [7, 11) is -2.96. The van der Waals surface area contributed by atoms with Crippen LogP contribution in [0.25, 0.3) is 0 Å². The van der Waals surface area contributed by atoms with Gasteiger partial charge in [0.1, 0.15) is 0 Å². The molecule has 1 aromatic rings. The van der Waals surface area contributed by atoms with Crippen molar-refractivity contribution in [2.24, 2.45) is 0 Å². The van der Waals surface area contributed by atoms with Crippen LogP contribution in [0.4, 0.5) is 5.69 Å². The van der Waals surface area contributed by atoms with Crippen LogP contribution in [-0.2, 0) is 9.84 Å². The Morgan fingerprint density at radius 1 is 1.21 bits per heavy atom.